The molecule has 3 nitrogen and oxygen atoms in total. The predicted octanol–water partition coefficient (Wildman–Crippen LogP) is 2.08. The van der Waals surface area contributed by atoms with Crippen molar-refractivity contribution >= 4 is 5.82 Å². The van der Waals surface area contributed by atoms with E-state index in [9.17, 15) is 0 Å². The Balaban J connectivity index is 2.30. The summed E-state index contributed by atoms with van der Waals surface area (Å²) in [6.45, 7) is 4.41. The summed E-state index contributed by atoms with van der Waals surface area (Å²) >= 11 is 0. The van der Waals surface area contributed by atoms with E-state index < -0.39 is 0 Å². The Morgan fingerprint density at radius 2 is 2.21 bits per heavy atom. The molecule has 1 aliphatic carbocycles. The molecule has 78 valence electrons. The van der Waals surface area contributed by atoms with Crippen LogP contribution in [0, 0.1) is 5.92 Å². The molecule has 1 heterocycles. The molecule has 2 N–H and O–H groups in total. The third kappa shape index (κ3) is 1.31. The van der Waals surface area contributed by atoms with Crippen LogP contribution in [-0.4, -0.2) is 9.78 Å². The molecular formula is C11H19N3. The largest absolute Gasteiger partial charge is 0.384 e. The minimum atomic E-state index is 0.693. The minimum Gasteiger partial charge on any atom is -0.384 e. The van der Waals surface area contributed by atoms with Crippen molar-refractivity contribution in [3.63, 3.8) is 0 Å². The fourth-order valence-corrected chi connectivity index (χ4v) is 2.30. The Bertz CT molecular complexity index is 341. The molecule has 1 saturated carbocycles. The lowest BCUT2D eigenvalue weighted by Gasteiger charge is -1.98. The van der Waals surface area contributed by atoms with Crippen LogP contribution in [0.25, 0.3) is 0 Å². The number of nitrogens with zero attached hydrogens (tertiary/aromatic N) is 2. The molecule has 1 aromatic rings. The van der Waals surface area contributed by atoms with Crippen LogP contribution in [0.15, 0.2) is 0 Å². The number of aromatic nitrogens is 2. The van der Waals surface area contributed by atoms with E-state index in [1.54, 1.807) is 0 Å². The van der Waals surface area contributed by atoms with Crippen molar-refractivity contribution in [3.05, 3.63) is 11.3 Å². The first-order valence-corrected chi connectivity index (χ1v) is 5.50. The van der Waals surface area contributed by atoms with Crippen molar-refractivity contribution in [2.75, 3.05) is 5.73 Å². The van der Waals surface area contributed by atoms with Crippen molar-refractivity contribution in [2.45, 2.75) is 39.0 Å². The van der Waals surface area contributed by atoms with E-state index in [0.717, 1.165) is 18.2 Å². The lowest BCUT2D eigenvalue weighted by atomic mass is 10.1. The number of rotatable bonds is 3. The highest BCUT2D eigenvalue weighted by atomic mass is 15.3. The van der Waals surface area contributed by atoms with Crippen LogP contribution >= 0.6 is 0 Å². The second-order valence-corrected chi connectivity index (χ2v) is 4.24. The van der Waals surface area contributed by atoms with Crippen LogP contribution in [-0.2, 0) is 13.5 Å². The van der Waals surface area contributed by atoms with Crippen LogP contribution in [0.5, 0.6) is 0 Å². The zero-order chi connectivity index (χ0) is 10.3. The second-order valence-electron chi connectivity index (χ2n) is 4.24. The quantitative estimate of drug-likeness (QED) is 0.798. The van der Waals surface area contributed by atoms with Gasteiger partial charge in [0.2, 0.25) is 0 Å². The highest BCUT2D eigenvalue weighted by Crippen LogP contribution is 2.50. The van der Waals surface area contributed by atoms with Crippen molar-refractivity contribution in [1.82, 2.24) is 9.78 Å². The normalized spacial score (nSPS) is 25.4. The molecule has 1 fully saturated rings. The predicted molar refractivity (Wildman–Crippen MR) is 58.1 cm³/mol. The van der Waals surface area contributed by atoms with Gasteiger partial charge in [-0.15, -0.1) is 0 Å². The number of hydrogen-bond donors (Lipinski definition) is 1. The molecule has 2 atom stereocenters. The summed E-state index contributed by atoms with van der Waals surface area (Å²) in [6.07, 6.45) is 3.58. The Labute approximate surface area is 85.3 Å². The average molecular weight is 193 g/mol. The lowest BCUT2D eigenvalue weighted by molar-refractivity contribution is 0.716. The second kappa shape index (κ2) is 3.30. The molecule has 14 heavy (non-hydrogen) atoms. The van der Waals surface area contributed by atoms with Gasteiger partial charge < -0.3 is 5.73 Å². The first kappa shape index (κ1) is 9.56. The number of anilines is 1. The van der Waals surface area contributed by atoms with Crippen LogP contribution in [0.3, 0.4) is 0 Å². The topological polar surface area (TPSA) is 43.8 Å². The van der Waals surface area contributed by atoms with Crippen LogP contribution in [0.2, 0.25) is 0 Å². The molecule has 3 heteroatoms. The zero-order valence-electron chi connectivity index (χ0n) is 9.25. The fraction of sp³-hybridized carbons (Fsp3) is 0.727. The molecule has 0 radical (unpaired) electrons. The fourth-order valence-electron chi connectivity index (χ4n) is 2.30. The third-order valence-corrected chi connectivity index (χ3v) is 3.38. The van der Waals surface area contributed by atoms with Gasteiger partial charge in [0.25, 0.3) is 0 Å². The lowest BCUT2D eigenvalue weighted by Crippen LogP contribution is -1.98. The Kier molecular flexibility index (Phi) is 2.25. The van der Waals surface area contributed by atoms with E-state index in [0.29, 0.717) is 5.92 Å². The maximum Gasteiger partial charge on any atom is 0.124 e. The van der Waals surface area contributed by atoms with Gasteiger partial charge in [0.1, 0.15) is 5.82 Å². The summed E-state index contributed by atoms with van der Waals surface area (Å²) in [6, 6.07) is 0. The van der Waals surface area contributed by atoms with Crippen LogP contribution in [0.1, 0.15) is 43.9 Å². The summed E-state index contributed by atoms with van der Waals surface area (Å²) in [5.41, 5.74) is 8.50. The molecule has 0 unspecified atom stereocenters. The van der Waals surface area contributed by atoms with E-state index in [1.165, 1.54) is 24.1 Å². The van der Waals surface area contributed by atoms with Crippen molar-refractivity contribution in [3.8, 4) is 0 Å². The smallest absolute Gasteiger partial charge is 0.124 e. The summed E-state index contributed by atoms with van der Waals surface area (Å²) < 4.78 is 1.82. The molecule has 0 bridgehead atoms. The molecule has 0 saturated heterocycles. The molecule has 0 aliphatic heterocycles. The Hall–Kier alpha value is -0.990. The zero-order valence-corrected chi connectivity index (χ0v) is 9.25. The molecule has 0 spiro atoms. The molecular weight excluding hydrogens is 174 g/mol. The highest BCUT2D eigenvalue weighted by molar-refractivity contribution is 5.46. The summed E-state index contributed by atoms with van der Waals surface area (Å²) in [5.74, 6) is 2.40. The van der Waals surface area contributed by atoms with Crippen molar-refractivity contribution in [1.29, 1.82) is 0 Å². The molecule has 1 aromatic heterocycles. The van der Waals surface area contributed by atoms with Gasteiger partial charge in [-0.2, -0.15) is 5.10 Å². The van der Waals surface area contributed by atoms with Crippen molar-refractivity contribution < 1.29 is 0 Å². The van der Waals surface area contributed by atoms with Crippen molar-refractivity contribution in [2.24, 2.45) is 13.0 Å². The van der Waals surface area contributed by atoms with Gasteiger partial charge in [0.15, 0.2) is 0 Å². The van der Waals surface area contributed by atoms with Gasteiger partial charge in [-0.3, -0.25) is 4.68 Å². The number of aryl methyl sites for hydroxylation is 1. The van der Waals surface area contributed by atoms with E-state index in [4.69, 9.17) is 5.73 Å². The maximum absolute atomic E-state index is 5.97. The first-order chi connectivity index (χ1) is 6.69. The number of hydrogen-bond acceptors (Lipinski definition) is 2. The van der Waals surface area contributed by atoms with Gasteiger partial charge in [-0.05, 0) is 18.8 Å². The van der Waals surface area contributed by atoms with Crippen LogP contribution < -0.4 is 5.73 Å². The van der Waals surface area contributed by atoms with E-state index >= 15 is 0 Å². The van der Waals surface area contributed by atoms with Gasteiger partial charge in [-0.25, -0.2) is 0 Å². The monoisotopic (exact) mass is 193 g/mol. The summed E-state index contributed by atoms with van der Waals surface area (Å²) in [5, 5.41) is 4.53. The summed E-state index contributed by atoms with van der Waals surface area (Å²) in [4.78, 5) is 0. The Morgan fingerprint density at radius 3 is 2.71 bits per heavy atom. The van der Waals surface area contributed by atoms with Gasteiger partial charge in [0, 0.05) is 18.5 Å². The highest BCUT2D eigenvalue weighted by Gasteiger charge is 2.40. The minimum absolute atomic E-state index is 0.693. The van der Waals surface area contributed by atoms with E-state index in [-0.39, 0.29) is 0 Å². The molecule has 1 aliphatic rings. The Morgan fingerprint density at radius 1 is 1.50 bits per heavy atom. The SMILES string of the molecule is CCc1c([C@@H]2C[C@H]2CC)nn(C)c1N. The molecule has 0 amide bonds. The maximum atomic E-state index is 5.97. The van der Waals surface area contributed by atoms with Gasteiger partial charge in [-0.1, -0.05) is 20.3 Å². The molecule has 2 rings (SSSR count). The third-order valence-electron chi connectivity index (χ3n) is 3.38. The van der Waals surface area contributed by atoms with Gasteiger partial charge in [0.05, 0.1) is 5.69 Å². The van der Waals surface area contributed by atoms with Gasteiger partial charge >= 0.3 is 0 Å². The number of nitrogen functional groups attached to an aromatic ring is 1. The van der Waals surface area contributed by atoms with E-state index in [1.807, 2.05) is 11.7 Å². The van der Waals surface area contributed by atoms with Crippen LogP contribution in [0.4, 0.5) is 5.82 Å². The molecule has 0 aromatic carbocycles. The standard InChI is InChI=1S/C11H19N3/c1-4-7-6-9(7)10-8(5-2)11(12)14(3)13-10/h7,9H,4-6,12H2,1-3H3/t7-,9-/m1/s1. The average Bonchev–Trinajstić information content (AvgIpc) is 2.90. The first-order valence-electron chi connectivity index (χ1n) is 5.50. The van der Waals surface area contributed by atoms with E-state index in [2.05, 4.69) is 18.9 Å². The summed E-state index contributed by atoms with van der Waals surface area (Å²) in [7, 11) is 1.93. The number of nitrogens with two attached hydrogens (primary N) is 1.